The number of hydrogen-bond acceptors (Lipinski definition) is 4. The zero-order valence-corrected chi connectivity index (χ0v) is 13.8. The van der Waals surface area contributed by atoms with Crippen LogP contribution < -0.4 is 4.74 Å². The molecule has 2 aliphatic carbocycles. The highest BCUT2D eigenvalue weighted by Crippen LogP contribution is 2.76. The highest BCUT2D eigenvalue weighted by atomic mass is 79.9. The van der Waals surface area contributed by atoms with Gasteiger partial charge in [-0.2, -0.15) is 0 Å². The molecule has 5 nitrogen and oxygen atoms in total. The van der Waals surface area contributed by atoms with E-state index in [2.05, 4.69) is 15.9 Å². The zero-order valence-electron chi connectivity index (χ0n) is 12.2. The highest BCUT2D eigenvalue weighted by Gasteiger charge is 2.75. The predicted molar refractivity (Wildman–Crippen MR) is 81.3 cm³/mol. The summed E-state index contributed by atoms with van der Waals surface area (Å²) >= 11 is 3.41. The van der Waals surface area contributed by atoms with E-state index in [1.54, 1.807) is 4.90 Å². The second-order valence-corrected chi connectivity index (χ2v) is 7.13. The van der Waals surface area contributed by atoms with Crippen LogP contribution in [0.2, 0.25) is 0 Å². The SMILES string of the molecule is COC(=O)C1c2ccc(Br)cc2OCCN1C(=O)C12CC1C2. The quantitative estimate of drug-likeness (QED) is 0.754. The van der Waals surface area contributed by atoms with Gasteiger partial charge in [-0.05, 0) is 30.9 Å². The van der Waals surface area contributed by atoms with Crippen LogP contribution in [0.25, 0.3) is 0 Å². The summed E-state index contributed by atoms with van der Waals surface area (Å²) in [6.45, 7) is 0.781. The van der Waals surface area contributed by atoms with E-state index in [4.69, 9.17) is 9.47 Å². The van der Waals surface area contributed by atoms with Crippen LogP contribution >= 0.6 is 15.9 Å². The van der Waals surface area contributed by atoms with Crippen molar-refractivity contribution in [1.29, 1.82) is 0 Å². The van der Waals surface area contributed by atoms with Crippen LogP contribution in [0.3, 0.4) is 0 Å². The number of carbonyl (C=O) groups is 2. The molecule has 4 rings (SSSR count). The van der Waals surface area contributed by atoms with Gasteiger partial charge in [-0.25, -0.2) is 4.79 Å². The highest BCUT2D eigenvalue weighted by molar-refractivity contribution is 9.10. The normalized spacial score (nSPS) is 31.3. The minimum absolute atomic E-state index is 0.0762. The zero-order chi connectivity index (χ0) is 15.5. The molecule has 3 aliphatic rings. The summed E-state index contributed by atoms with van der Waals surface area (Å²) in [6.07, 6.45) is 1.93. The topological polar surface area (TPSA) is 55.8 Å². The van der Waals surface area contributed by atoms with E-state index in [0.717, 1.165) is 17.3 Å². The van der Waals surface area contributed by atoms with Gasteiger partial charge in [0.1, 0.15) is 12.4 Å². The summed E-state index contributed by atoms with van der Waals surface area (Å²) in [5.74, 6) is 0.816. The Morgan fingerprint density at radius 2 is 2.14 bits per heavy atom. The molecule has 2 saturated carbocycles. The van der Waals surface area contributed by atoms with Crippen molar-refractivity contribution in [2.45, 2.75) is 18.9 Å². The molecule has 1 aromatic rings. The number of rotatable bonds is 2. The number of esters is 1. The molecule has 1 aromatic carbocycles. The molecule has 0 radical (unpaired) electrons. The Morgan fingerprint density at radius 3 is 2.77 bits per heavy atom. The second kappa shape index (κ2) is 4.72. The van der Waals surface area contributed by atoms with Gasteiger partial charge >= 0.3 is 5.97 Å². The number of benzene rings is 1. The van der Waals surface area contributed by atoms with E-state index in [1.807, 2.05) is 18.2 Å². The maximum Gasteiger partial charge on any atom is 0.333 e. The van der Waals surface area contributed by atoms with E-state index < -0.39 is 12.0 Å². The Hall–Kier alpha value is -1.56. The fourth-order valence-corrected chi connectivity index (χ4v) is 3.67. The number of amides is 1. The number of carbonyl (C=O) groups excluding carboxylic acids is 2. The van der Waals surface area contributed by atoms with Gasteiger partial charge in [-0.1, -0.05) is 22.0 Å². The summed E-state index contributed by atoms with van der Waals surface area (Å²) in [5, 5.41) is 0. The minimum atomic E-state index is -0.723. The summed E-state index contributed by atoms with van der Waals surface area (Å²) < 4.78 is 11.6. The lowest BCUT2D eigenvalue weighted by molar-refractivity contribution is -0.154. The number of nitrogens with zero attached hydrogens (tertiary/aromatic N) is 1. The van der Waals surface area contributed by atoms with Crippen molar-refractivity contribution in [1.82, 2.24) is 4.90 Å². The van der Waals surface area contributed by atoms with Crippen LogP contribution in [-0.2, 0) is 14.3 Å². The summed E-state index contributed by atoms with van der Waals surface area (Å²) in [7, 11) is 1.35. The van der Waals surface area contributed by atoms with Gasteiger partial charge in [0, 0.05) is 10.0 Å². The Bertz CT molecular complexity index is 668. The summed E-state index contributed by atoms with van der Waals surface area (Å²) in [4.78, 5) is 26.8. The minimum Gasteiger partial charge on any atom is -0.491 e. The molecule has 22 heavy (non-hydrogen) atoms. The van der Waals surface area contributed by atoms with Crippen LogP contribution in [0.15, 0.2) is 22.7 Å². The van der Waals surface area contributed by atoms with Crippen molar-refractivity contribution in [3.8, 4) is 5.75 Å². The number of methoxy groups -OCH3 is 1. The predicted octanol–water partition coefficient (Wildman–Crippen LogP) is 2.29. The van der Waals surface area contributed by atoms with Crippen molar-refractivity contribution in [3.05, 3.63) is 28.2 Å². The number of ether oxygens (including phenoxy) is 2. The van der Waals surface area contributed by atoms with Gasteiger partial charge in [-0.15, -0.1) is 0 Å². The van der Waals surface area contributed by atoms with Crippen LogP contribution in [0.5, 0.6) is 5.75 Å². The standard InChI is InChI=1S/C16H16BrNO4/c1-21-14(19)13-11-3-2-10(17)6-12(11)22-5-4-18(13)15(20)16-7-9(16)8-16/h2-3,6,9,13H,4-5,7-8H2,1H3. The molecule has 0 aromatic heterocycles. The van der Waals surface area contributed by atoms with Crippen LogP contribution in [0.1, 0.15) is 24.4 Å². The van der Waals surface area contributed by atoms with Crippen molar-refractivity contribution >= 4 is 27.8 Å². The Kier molecular flexibility index (Phi) is 3.01. The second-order valence-electron chi connectivity index (χ2n) is 6.22. The molecule has 6 heteroatoms. The smallest absolute Gasteiger partial charge is 0.333 e. The Morgan fingerprint density at radius 1 is 1.41 bits per heavy atom. The maximum atomic E-state index is 12.8. The first-order chi connectivity index (χ1) is 10.6. The van der Waals surface area contributed by atoms with Crippen molar-refractivity contribution in [2.24, 2.45) is 11.3 Å². The molecular weight excluding hydrogens is 350 g/mol. The van der Waals surface area contributed by atoms with Crippen molar-refractivity contribution < 1.29 is 19.1 Å². The van der Waals surface area contributed by atoms with E-state index in [1.165, 1.54) is 7.11 Å². The van der Waals surface area contributed by atoms with E-state index in [-0.39, 0.29) is 11.3 Å². The lowest BCUT2D eigenvalue weighted by Crippen LogP contribution is -2.42. The van der Waals surface area contributed by atoms with Crippen LogP contribution in [0, 0.1) is 11.3 Å². The molecule has 0 bridgehead atoms. The Balaban J connectivity index is 1.75. The molecule has 1 atom stereocenters. The largest absolute Gasteiger partial charge is 0.491 e. The van der Waals surface area contributed by atoms with Gasteiger partial charge in [0.05, 0.1) is 19.1 Å². The first kappa shape index (κ1) is 14.1. The number of hydrogen-bond donors (Lipinski definition) is 0. The lowest BCUT2D eigenvalue weighted by atomic mass is 10.0. The van der Waals surface area contributed by atoms with Gasteiger partial charge in [-0.3, -0.25) is 4.79 Å². The van der Waals surface area contributed by atoms with Crippen molar-refractivity contribution in [3.63, 3.8) is 0 Å². The molecule has 116 valence electrons. The number of fused-ring (bicyclic) bond motifs is 2. The van der Waals surface area contributed by atoms with Gasteiger partial charge < -0.3 is 14.4 Å². The molecule has 0 saturated heterocycles. The average Bonchev–Trinajstić information content (AvgIpc) is 3.35. The fourth-order valence-electron chi connectivity index (χ4n) is 3.33. The first-order valence-corrected chi connectivity index (χ1v) is 8.17. The molecule has 1 aliphatic heterocycles. The van der Waals surface area contributed by atoms with Gasteiger partial charge in [0.2, 0.25) is 5.91 Å². The molecular formula is C16H16BrNO4. The van der Waals surface area contributed by atoms with Gasteiger partial charge in [0.25, 0.3) is 0 Å². The molecule has 2 fully saturated rings. The maximum absolute atomic E-state index is 12.8. The number of halogens is 1. The first-order valence-electron chi connectivity index (χ1n) is 7.38. The fraction of sp³-hybridized carbons (Fsp3) is 0.500. The summed E-state index contributed by atoms with van der Waals surface area (Å²) in [5.41, 5.74) is 0.515. The molecule has 1 heterocycles. The van der Waals surface area contributed by atoms with E-state index in [9.17, 15) is 9.59 Å². The molecule has 0 spiro atoms. The molecule has 1 unspecified atom stereocenters. The lowest BCUT2D eigenvalue weighted by Gasteiger charge is -2.29. The third-order valence-electron chi connectivity index (χ3n) is 4.97. The monoisotopic (exact) mass is 365 g/mol. The third-order valence-corrected chi connectivity index (χ3v) is 5.46. The third kappa shape index (κ3) is 1.96. The van der Waals surface area contributed by atoms with Crippen LogP contribution in [-0.4, -0.2) is 37.0 Å². The van der Waals surface area contributed by atoms with E-state index in [0.29, 0.717) is 30.4 Å². The summed E-state index contributed by atoms with van der Waals surface area (Å²) in [6, 6.07) is 4.77. The van der Waals surface area contributed by atoms with Crippen LogP contribution in [0.4, 0.5) is 0 Å². The Labute approximate surface area is 136 Å². The van der Waals surface area contributed by atoms with Gasteiger partial charge in [0.15, 0.2) is 6.04 Å². The molecule has 0 N–H and O–H groups in total. The van der Waals surface area contributed by atoms with Crippen molar-refractivity contribution in [2.75, 3.05) is 20.3 Å². The average molecular weight is 366 g/mol. The van der Waals surface area contributed by atoms with E-state index >= 15 is 0 Å². The molecule has 1 amide bonds.